The Balaban J connectivity index is 1.33. The van der Waals surface area contributed by atoms with E-state index in [0.717, 1.165) is 63.5 Å². The van der Waals surface area contributed by atoms with Gasteiger partial charge in [0.25, 0.3) is 0 Å². The molecule has 0 radical (unpaired) electrons. The van der Waals surface area contributed by atoms with E-state index in [1.807, 2.05) is 34.4 Å². The van der Waals surface area contributed by atoms with Crippen molar-refractivity contribution in [3.05, 3.63) is 52.2 Å². The third kappa shape index (κ3) is 4.91. The summed E-state index contributed by atoms with van der Waals surface area (Å²) >= 11 is 1.90. The maximum Gasteiger partial charge on any atom is 0.223 e. The molecule has 3 aromatic rings. The number of rotatable bonds is 6. The minimum Gasteiger partial charge on any atom is -0.352 e. The molecule has 0 N–H and O–H groups in total. The van der Waals surface area contributed by atoms with Gasteiger partial charge in [0.1, 0.15) is 16.5 Å². The van der Waals surface area contributed by atoms with Crippen molar-refractivity contribution in [2.24, 2.45) is 0 Å². The fourth-order valence-corrected chi connectivity index (χ4v) is 6.42. The number of amides is 1. The van der Waals surface area contributed by atoms with Gasteiger partial charge < -0.3 is 9.80 Å². The Labute approximate surface area is 200 Å². The highest BCUT2D eigenvalue weighted by molar-refractivity contribution is 7.19. The average Bonchev–Trinajstić information content (AvgIpc) is 3.03. The van der Waals surface area contributed by atoms with Gasteiger partial charge in [0.15, 0.2) is 0 Å². The first-order valence-electron chi connectivity index (χ1n) is 12.6. The van der Waals surface area contributed by atoms with E-state index in [0.29, 0.717) is 6.42 Å². The summed E-state index contributed by atoms with van der Waals surface area (Å²) in [5.74, 6) is 2.36. The molecule has 5 rings (SSSR count). The molecule has 1 aliphatic heterocycles. The first-order chi connectivity index (χ1) is 16.2. The Kier molecular flexibility index (Phi) is 6.91. The van der Waals surface area contributed by atoms with Gasteiger partial charge in [-0.05, 0) is 49.7 Å². The number of fused-ring (bicyclic) bond motifs is 3. The van der Waals surface area contributed by atoms with Crippen LogP contribution >= 0.6 is 11.3 Å². The molecule has 0 spiro atoms. The first-order valence-corrected chi connectivity index (χ1v) is 13.4. The van der Waals surface area contributed by atoms with Crippen LogP contribution in [0.1, 0.15) is 60.9 Å². The van der Waals surface area contributed by atoms with Crippen molar-refractivity contribution in [2.45, 2.75) is 64.7 Å². The first kappa shape index (κ1) is 22.3. The summed E-state index contributed by atoms with van der Waals surface area (Å²) in [5.41, 5.74) is 2.74. The number of benzene rings is 1. The summed E-state index contributed by atoms with van der Waals surface area (Å²) in [5, 5.41) is 1.31. The maximum absolute atomic E-state index is 12.8. The third-order valence-electron chi connectivity index (χ3n) is 6.97. The lowest BCUT2D eigenvalue weighted by molar-refractivity contribution is -0.131. The lowest BCUT2D eigenvalue weighted by Crippen LogP contribution is -2.49. The molecule has 1 aromatic carbocycles. The highest BCUT2D eigenvalue weighted by Crippen LogP contribution is 2.39. The van der Waals surface area contributed by atoms with E-state index in [-0.39, 0.29) is 5.91 Å². The zero-order valence-corrected chi connectivity index (χ0v) is 20.5. The predicted molar refractivity (Wildman–Crippen MR) is 136 cm³/mol. The molecule has 1 saturated heterocycles. The number of hydrogen-bond donors (Lipinski definition) is 0. The van der Waals surface area contributed by atoms with Crippen molar-refractivity contribution < 1.29 is 4.79 Å². The summed E-state index contributed by atoms with van der Waals surface area (Å²) in [6.07, 6.45) is 9.57. The van der Waals surface area contributed by atoms with Crippen LogP contribution in [-0.4, -0.2) is 47.0 Å². The van der Waals surface area contributed by atoms with E-state index in [4.69, 9.17) is 9.97 Å². The molecule has 2 aromatic heterocycles. The molecule has 1 amide bonds. The number of nitrogens with zero attached hydrogens (tertiary/aromatic N) is 4. The lowest BCUT2D eigenvalue weighted by Gasteiger charge is -2.36. The molecule has 0 atom stereocenters. The van der Waals surface area contributed by atoms with E-state index in [1.165, 1.54) is 51.9 Å². The lowest BCUT2D eigenvalue weighted by atomic mass is 10.1. The topological polar surface area (TPSA) is 49.3 Å². The van der Waals surface area contributed by atoms with Gasteiger partial charge in [-0.15, -0.1) is 11.3 Å². The fraction of sp³-hybridized carbons (Fsp3) is 0.519. The number of aryl methyl sites for hydroxylation is 4. The summed E-state index contributed by atoms with van der Waals surface area (Å²) in [6.45, 7) is 5.43. The van der Waals surface area contributed by atoms with E-state index >= 15 is 0 Å². The van der Waals surface area contributed by atoms with Gasteiger partial charge in [-0.2, -0.15) is 0 Å². The monoisotopic (exact) mass is 462 g/mol. The number of thiophene rings is 1. The molecular weight excluding hydrogens is 428 g/mol. The highest BCUT2D eigenvalue weighted by atomic mass is 32.1. The SMILES string of the molecule is CCCc1nc(N2CCN(C(=O)CCc3ccccc3)CC2)c2c3c(sc2n1)CCCCC3. The Morgan fingerprint density at radius 1 is 0.970 bits per heavy atom. The Morgan fingerprint density at radius 2 is 1.76 bits per heavy atom. The fourth-order valence-electron chi connectivity index (χ4n) is 5.14. The van der Waals surface area contributed by atoms with E-state index in [1.54, 1.807) is 0 Å². The van der Waals surface area contributed by atoms with Crippen LogP contribution < -0.4 is 4.90 Å². The van der Waals surface area contributed by atoms with Gasteiger partial charge >= 0.3 is 0 Å². The number of carbonyl (C=O) groups excluding carboxylic acids is 1. The second-order valence-corrected chi connectivity index (χ2v) is 10.4. The Morgan fingerprint density at radius 3 is 2.55 bits per heavy atom. The van der Waals surface area contributed by atoms with E-state index < -0.39 is 0 Å². The van der Waals surface area contributed by atoms with Crippen LogP contribution in [-0.2, 0) is 30.5 Å². The predicted octanol–water partition coefficient (Wildman–Crippen LogP) is 5.19. The molecule has 0 saturated carbocycles. The van der Waals surface area contributed by atoms with Gasteiger partial charge in [0.2, 0.25) is 5.91 Å². The second-order valence-electron chi connectivity index (χ2n) is 9.31. The molecule has 1 fully saturated rings. The van der Waals surface area contributed by atoms with Gasteiger partial charge in [-0.1, -0.05) is 43.7 Å². The van der Waals surface area contributed by atoms with Crippen LogP contribution in [0.2, 0.25) is 0 Å². The Bertz CT molecular complexity index is 1100. The maximum atomic E-state index is 12.8. The number of hydrogen-bond acceptors (Lipinski definition) is 5. The molecule has 0 unspecified atom stereocenters. The normalized spacial score (nSPS) is 16.6. The zero-order chi connectivity index (χ0) is 22.6. The molecule has 3 heterocycles. The van der Waals surface area contributed by atoms with Crippen LogP contribution in [0.5, 0.6) is 0 Å². The van der Waals surface area contributed by atoms with Gasteiger partial charge in [-0.25, -0.2) is 9.97 Å². The van der Waals surface area contributed by atoms with Crippen molar-refractivity contribution in [3.63, 3.8) is 0 Å². The van der Waals surface area contributed by atoms with Crippen LogP contribution in [0, 0.1) is 0 Å². The van der Waals surface area contributed by atoms with Gasteiger partial charge in [0.05, 0.1) is 5.39 Å². The molecular formula is C27H34N4OS. The van der Waals surface area contributed by atoms with Crippen LogP contribution in [0.3, 0.4) is 0 Å². The van der Waals surface area contributed by atoms with Crippen LogP contribution in [0.15, 0.2) is 30.3 Å². The quantitative estimate of drug-likeness (QED) is 0.473. The summed E-state index contributed by atoms with van der Waals surface area (Å²) in [7, 11) is 0. The average molecular weight is 463 g/mol. The van der Waals surface area contributed by atoms with Crippen molar-refractivity contribution >= 4 is 33.3 Å². The van der Waals surface area contributed by atoms with Gasteiger partial charge in [-0.3, -0.25) is 4.79 Å². The number of piperazine rings is 1. The molecule has 2 aliphatic rings. The molecule has 6 heteroatoms. The summed E-state index contributed by atoms with van der Waals surface area (Å²) in [4.78, 5) is 30.1. The van der Waals surface area contributed by atoms with E-state index in [9.17, 15) is 4.79 Å². The molecule has 1 aliphatic carbocycles. The molecule has 174 valence electrons. The molecule has 33 heavy (non-hydrogen) atoms. The summed E-state index contributed by atoms with van der Waals surface area (Å²) in [6, 6.07) is 10.3. The van der Waals surface area contributed by atoms with E-state index in [2.05, 4.69) is 24.0 Å². The largest absolute Gasteiger partial charge is 0.352 e. The zero-order valence-electron chi connectivity index (χ0n) is 19.7. The highest BCUT2D eigenvalue weighted by Gasteiger charge is 2.27. The minimum absolute atomic E-state index is 0.266. The number of anilines is 1. The summed E-state index contributed by atoms with van der Waals surface area (Å²) < 4.78 is 0. The second kappa shape index (κ2) is 10.2. The third-order valence-corrected chi connectivity index (χ3v) is 8.15. The number of aromatic nitrogens is 2. The number of carbonyl (C=O) groups is 1. The Hall–Kier alpha value is -2.47. The van der Waals surface area contributed by atoms with Crippen molar-refractivity contribution in [1.82, 2.24) is 14.9 Å². The van der Waals surface area contributed by atoms with Crippen LogP contribution in [0.4, 0.5) is 5.82 Å². The van der Waals surface area contributed by atoms with Crippen molar-refractivity contribution in [2.75, 3.05) is 31.1 Å². The minimum atomic E-state index is 0.266. The molecule has 5 nitrogen and oxygen atoms in total. The molecule has 0 bridgehead atoms. The van der Waals surface area contributed by atoms with Crippen LogP contribution in [0.25, 0.3) is 10.2 Å². The van der Waals surface area contributed by atoms with Gasteiger partial charge in [0, 0.05) is 43.9 Å². The smallest absolute Gasteiger partial charge is 0.223 e. The van der Waals surface area contributed by atoms with Crippen molar-refractivity contribution in [1.29, 1.82) is 0 Å². The van der Waals surface area contributed by atoms with Crippen molar-refractivity contribution in [3.8, 4) is 0 Å². The standard InChI is InChI=1S/C27H34N4OS/c1-2-9-23-28-26(25-21-12-7-4-8-13-22(21)33-27(25)29-23)31-18-16-30(17-19-31)24(32)15-14-20-10-5-3-6-11-20/h3,5-6,10-11H,2,4,7-9,12-19H2,1H3.